The molecular formula is C12H15BrNO2-. The third-order valence-electron chi connectivity index (χ3n) is 2.23. The fourth-order valence-electron chi connectivity index (χ4n) is 1.58. The van der Waals surface area contributed by atoms with Crippen LogP contribution in [-0.4, -0.2) is 11.6 Å². The number of hydrogen-bond acceptors (Lipinski definition) is 2. The van der Waals surface area contributed by atoms with Crippen LogP contribution in [0.3, 0.4) is 0 Å². The normalized spacial score (nSPS) is 11.2. The maximum atomic E-state index is 11.2. The van der Waals surface area contributed by atoms with Gasteiger partial charge in [0.1, 0.15) is 6.09 Å². The van der Waals surface area contributed by atoms with Crippen LogP contribution in [0, 0.1) is 0 Å². The maximum absolute atomic E-state index is 11.2. The molecule has 0 N–H and O–H groups in total. The van der Waals surface area contributed by atoms with Gasteiger partial charge >= 0.3 is 0 Å². The van der Waals surface area contributed by atoms with Gasteiger partial charge in [0, 0.05) is 16.6 Å². The lowest BCUT2D eigenvalue weighted by Crippen LogP contribution is -2.52. The first-order valence-corrected chi connectivity index (χ1v) is 6.15. The van der Waals surface area contributed by atoms with Crippen LogP contribution in [0.15, 0.2) is 24.3 Å². The van der Waals surface area contributed by atoms with E-state index in [2.05, 4.69) is 15.9 Å². The molecule has 0 spiro atoms. The lowest BCUT2D eigenvalue weighted by Gasteiger charge is -2.38. The Balaban J connectivity index is 3.27. The van der Waals surface area contributed by atoms with E-state index in [1.807, 2.05) is 39.0 Å². The third-order valence-corrected chi connectivity index (χ3v) is 2.83. The molecule has 16 heavy (non-hydrogen) atoms. The van der Waals surface area contributed by atoms with Crippen molar-refractivity contribution in [2.45, 2.75) is 31.6 Å². The molecule has 4 heteroatoms. The molecule has 0 aliphatic heterocycles. The van der Waals surface area contributed by atoms with E-state index in [-0.39, 0.29) is 0 Å². The molecule has 1 aromatic carbocycles. The average Bonchev–Trinajstić information content (AvgIpc) is 2.15. The number of hydrogen-bond donors (Lipinski definition) is 0. The number of carboxylic acid groups (broad SMARTS) is 1. The van der Waals surface area contributed by atoms with Crippen molar-refractivity contribution >= 4 is 27.7 Å². The molecule has 0 aliphatic carbocycles. The highest BCUT2D eigenvalue weighted by atomic mass is 79.9. The summed E-state index contributed by atoms with van der Waals surface area (Å²) in [6.07, 6.45) is -1.18. The Labute approximate surface area is 104 Å². The molecule has 1 rings (SSSR count). The van der Waals surface area contributed by atoms with Gasteiger partial charge in [-0.2, -0.15) is 0 Å². The van der Waals surface area contributed by atoms with E-state index in [1.165, 1.54) is 4.90 Å². The largest absolute Gasteiger partial charge is 0.530 e. The summed E-state index contributed by atoms with van der Waals surface area (Å²) in [6.45, 7) is 5.52. The Hall–Kier alpha value is -1.03. The van der Waals surface area contributed by atoms with Crippen LogP contribution in [0.2, 0.25) is 0 Å². The number of benzene rings is 1. The van der Waals surface area contributed by atoms with Crippen LogP contribution in [-0.2, 0) is 5.33 Å². The predicted molar refractivity (Wildman–Crippen MR) is 66.7 cm³/mol. The van der Waals surface area contributed by atoms with E-state index in [0.717, 1.165) is 5.56 Å². The Morgan fingerprint density at radius 1 is 1.38 bits per heavy atom. The van der Waals surface area contributed by atoms with Crippen molar-refractivity contribution in [1.82, 2.24) is 0 Å². The second-order valence-corrected chi connectivity index (χ2v) is 5.10. The molecule has 0 aromatic heterocycles. The molecule has 0 bridgehead atoms. The number of anilines is 1. The first-order valence-electron chi connectivity index (χ1n) is 5.03. The van der Waals surface area contributed by atoms with E-state index in [0.29, 0.717) is 11.0 Å². The first-order chi connectivity index (χ1) is 7.38. The number of para-hydroxylation sites is 1. The van der Waals surface area contributed by atoms with Crippen molar-refractivity contribution in [3.05, 3.63) is 29.8 Å². The highest BCUT2D eigenvalue weighted by Gasteiger charge is 2.24. The fourth-order valence-corrected chi connectivity index (χ4v) is 2.05. The zero-order chi connectivity index (χ0) is 12.3. The van der Waals surface area contributed by atoms with Gasteiger partial charge in [0.25, 0.3) is 0 Å². The molecule has 1 aromatic rings. The van der Waals surface area contributed by atoms with Gasteiger partial charge in [0.2, 0.25) is 0 Å². The van der Waals surface area contributed by atoms with Crippen molar-refractivity contribution in [1.29, 1.82) is 0 Å². The first kappa shape index (κ1) is 13.0. The minimum atomic E-state index is -1.18. The summed E-state index contributed by atoms with van der Waals surface area (Å²) in [5, 5.41) is 11.8. The molecular weight excluding hydrogens is 270 g/mol. The number of carbonyl (C=O) groups excluding carboxylic acids is 1. The summed E-state index contributed by atoms with van der Waals surface area (Å²) in [4.78, 5) is 12.5. The van der Waals surface area contributed by atoms with Gasteiger partial charge in [0.15, 0.2) is 0 Å². The van der Waals surface area contributed by atoms with Gasteiger partial charge in [-0.05, 0) is 32.4 Å². The van der Waals surface area contributed by atoms with Crippen molar-refractivity contribution in [2.24, 2.45) is 0 Å². The standard InChI is InChI=1S/C12H16BrNO2/c1-12(2,3)14(11(15)16)10-7-5-4-6-9(10)8-13/h4-7H,8H2,1-3H3,(H,15,16)/p-1. The third kappa shape index (κ3) is 2.76. The van der Waals surface area contributed by atoms with Crippen LogP contribution in [0.25, 0.3) is 0 Å². The minimum absolute atomic E-state index is 0.517. The Kier molecular flexibility index (Phi) is 3.97. The minimum Gasteiger partial charge on any atom is -0.530 e. The summed E-state index contributed by atoms with van der Waals surface area (Å²) in [6, 6.07) is 7.39. The number of rotatable bonds is 2. The second kappa shape index (κ2) is 4.87. The Morgan fingerprint density at radius 3 is 2.38 bits per heavy atom. The van der Waals surface area contributed by atoms with Crippen LogP contribution < -0.4 is 10.0 Å². The summed E-state index contributed by atoms with van der Waals surface area (Å²) < 4.78 is 0. The van der Waals surface area contributed by atoms with Crippen molar-refractivity contribution < 1.29 is 9.90 Å². The van der Waals surface area contributed by atoms with Crippen molar-refractivity contribution in [2.75, 3.05) is 4.90 Å². The second-order valence-electron chi connectivity index (χ2n) is 4.53. The Bertz CT molecular complexity index is 385. The molecule has 1 amide bonds. The van der Waals surface area contributed by atoms with Crippen LogP contribution in [0.4, 0.5) is 10.5 Å². The SMILES string of the molecule is CC(C)(C)N(C(=O)[O-])c1ccccc1CBr. The van der Waals surface area contributed by atoms with E-state index in [1.54, 1.807) is 6.07 Å². The van der Waals surface area contributed by atoms with Crippen LogP contribution in [0.5, 0.6) is 0 Å². The summed E-state index contributed by atoms with van der Waals surface area (Å²) in [5.41, 5.74) is 1.09. The van der Waals surface area contributed by atoms with E-state index >= 15 is 0 Å². The molecule has 0 aliphatic rings. The molecule has 3 nitrogen and oxygen atoms in total. The maximum Gasteiger partial charge on any atom is 0.142 e. The zero-order valence-corrected chi connectivity index (χ0v) is 11.2. The number of halogens is 1. The van der Waals surface area contributed by atoms with Gasteiger partial charge in [-0.25, -0.2) is 0 Å². The molecule has 0 saturated heterocycles. The predicted octanol–water partition coefficient (Wildman–Crippen LogP) is 2.53. The molecule has 0 heterocycles. The Morgan fingerprint density at radius 2 is 1.94 bits per heavy atom. The van der Waals surface area contributed by atoms with Crippen molar-refractivity contribution in [3.63, 3.8) is 0 Å². The van der Waals surface area contributed by atoms with E-state index < -0.39 is 11.6 Å². The molecule has 0 fully saturated rings. The van der Waals surface area contributed by atoms with Crippen LogP contribution in [0.1, 0.15) is 26.3 Å². The average molecular weight is 285 g/mol. The lowest BCUT2D eigenvalue weighted by molar-refractivity contribution is -0.247. The van der Waals surface area contributed by atoms with Gasteiger partial charge < -0.3 is 14.8 Å². The van der Waals surface area contributed by atoms with Gasteiger partial charge in [-0.15, -0.1) is 0 Å². The fraction of sp³-hybridized carbons (Fsp3) is 0.417. The topological polar surface area (TPSA) is 43.4 Å². The number of alkyl halides is 1. The zero-order valence-electron chi connectivity index (χ0n) is 9.66. The van der Waals surface area contributed by atoms with E-state index in [4.69, 9.17) is 0 Å². The summed E-state index contributed by atoms with van der Waals surface area (Å²) in [7, 11) is 0. The molecule has 88 valence electrons. The summed E-state index contributed by atoms with van der Waals surface area (Å²) in [5.74, 6) is 0. The van der Waals surface area contributed by atoms with Gasteiger partial charge in [0.05, 0.1) is 0 Å². The molecule has 0 radical (unpaired) electrons. The highest BCUT2D eigenvalue weighted by Crippen LogP contribution is 2.28. The summed E-state index contributed by atoms with van der Waals surface area (Å²) >= 11 is 3.35. The van der Waals surface area contributed by atoms with Gasteiger partial charge in [-0.3, -0.25) is 0 Å². The lowest BCUT2D eigenvalue weighted by atomic mass is 10.0. The number of carbonyl (C=O) groups is 1. The van der Waals surface area contributed by atoms with E-state index in [9.17, 15) is 9.90 Å². The number of amides is 1. The van der Waals surface area contributed by atoms with Crippen molar-refractivity contribution in [3.8, 4) is 0 Å². The monoisotopic (exact) mass is 284 g/mol. The van der Waals surface area contributed by atoms with Gasteiger partial charge in [-0.1, -0.05) is 34.1 Å². The quantitative estimate of drug-likeness (QED) is 0.784. The molecule has 0 saturated carbocycles. The number of nitrogens with zero attached hydrogens (tertiary/aromatic N) is 1. The highest BCUT2D eigenvalue weighted by molar-refractivity contribution is 9.08. The van der Waals surface area contributed by atoms with Crippen LogP contribution >= 0.6 is 15.9 Å². The molecule has 0 unspecified atom stereocenters. The smallest absolute Gasteiger partial charge is 0.142 e. The molecule has 0 atom stereocenters.